The number of nitrogens with zero attached hydrogens (tertiary/aromatic N) is 3. The van der Waals surface area contributed by atoms with Crippen LogP contribution in [0.4, 0.5) is 22.7 Å². The van der Waals surface area contributed by atoms with Crippen LogP contribution in [0.25, 0.3) is 0 Å². The highest BCUT2D eigenvalue weighted by Crippen LogP contribution is 2.41. The molecule has 1 aliphatic heterocycles. The van der Waals surface area contributed by atoms with Gasteiger partial charge in [0.2, 0.25) is 10.0 Å². The Morgan fingerprint density at radius 2 is 1.77 bits per heavy atom. The second-order valence-corrected chi connectivity index (χ2v) is 9.62. The third-order valence-corrected chi connectivity index (χ3v) is 6.47. The monoisotopic (exact) mass is 495 g/mol. The summed E-state index contributed by atoms with van der Waals surface area (Å²) in [5, 5.41) is 19.5. The number of fused-ring (bicyclic) bond motifs is 1. The molecule has 3 N–H and O–H groups in total. The first-order valence-corrected chi connectivity index (χ1v) is 11.9. The maximum atomic E-state index is 13.8. The van der Waals surface area contributed by atoms with Crippen LogP contribution in [0, 0.1) is 10.1 Å². The van der Waals surface area contributed by atoms with Crippen molar-refractivity contribution in [3.8, 4) is 0 Å². The van der Waals surface area contributed by atoms with Gasteiger partial charge >= 0.3 is 0 Å². The van der Waals surface area contributed by atoms with E-state index in [2.05, 4.69) is 5.32 Å². The van der Waals surface area contributed by atoms with Crippen LogP contribution >= 0.6 is 0 Å². The molecule has 35 heavy (non-hydrogen) atoms. The van der Waals surface area contributed by atoms with Crippen molar-refractivity contribution in [1.29, 1.82) is 0 Å². The molecule has 0 aromatic heterocycles. The first-order chi connectivity index (χ1) is 16.5. The molecular formula is C23H21N5O6S. The van der Waals surface area contributed by atoms with Crippen molar-refractivity contribution in [2.75, 3.05) is 29.2 Å². The van der Waals surface area contributed by atoms with Gasteiger partial charge in [0, 0.05) is 25.7 Å². The van der Waals surface area contributed by atoms with Gasteiger partial charge in [0.05, 0.1) is 21.2 Å². The van der Waals surface area contributed by atoms with Crippen LogP contribution in [-0.4, -0.2) is 39.3 Å². The minimum atomic E-state index is -4.07. The number of rotatable bonds is 5. The lowest BCUT2D eigenvalue weighted by molar-refractivity contribution is -0.384. The van der Waals surface area contributed by atoms with Crippen molar-refractivity contribution in [3.05, 3.63) is 88.0 Å². The van der Waals surface area contributed by atoms with E-state index in [9.17, 15) is 28.1 Å². The molecule has 1 aliphatic rings. The van der Waals surface area contributed by atoms with E-state index >= 15 is 0 Å². The van der Waals surface area contributed by atoms with Crippen molar-refractivity contribution in [3.63, 3.8) is 0 Å². The van der Waals surface area contributed by atoms with Crippen LogP contribution in [0.2, 0.25) is 0 Å². The summed E-state index contributed by atoms with van der Waals surface area (Å²) in [5.41, 5.74) is 0.805. The van der Waals surface area contributed by atoms with Gasteiger partial charge in [-0.1, -0.05) is 30.3 Å². The smallest absolute Gasteiger partial charge is 0.293 e. The quantitative estimate of drug-likeness (QED) is 0.407. The zero-order valence-corrected chi connectivity index (χ0v) is 19.5. The predicted octanol–water partition coefficient (Wildman–Crippen LogP) is 2.65. The molecule has 3 aromatic rings. The number of primary sulfonamides is 1. The summed E-state index contributed by atoms with van der Waals surface area (Å²) < 4.78 is 23.7. The maximum absolute atomic E-state index is 13.8. The fraction of sp³-hybridized carbons (Fsp3) is 0.130. The van der Waals surface area contributed by atoms with Crippen LogP contribution < -0.4 is 20.3 Å². The average molecular weight is 496 g/mol. The van der Waals surface area contributed by atoms with E-state index in [0.29, 0.717) is 11.3 Å². The number of nitro groups is 1. The molecule has 1 unspecified atom stereocenters. The van der Waals surface area contributed by atoms with Crippen LogP contribution in [0.3, 0.4) is 0 Å². The SMILES string of the molecule is CN(C)c1ccc(C(=O)N2c3ccc(S(N)(=O)=O)cc3NC(=O)C2c2ccccc2)cc1[N+](=O)[O-]. The number of sulfonamides is 1. The van der Waals surface area contributed by atoms with Crippen LogP contribution in [-0.2, 0) is 14.8 Å². The van der Waals surface area contributed by atoms with Crippen LogP contribution in [0.15, 0.2) is 71.6 Å². The summed E-state index contributed by atoms with van der Waals surface area (Å²) in [6.07, 6.45) is 0. The minimum absolute atomic E-state index is 0.0144. The number of hydrogen-bond donors (Lipinski definition) is 2. The predicted molar refractivity (Wildman–Crippen MR) is 130 cm³/mol. The lowest BCUT2D eigenvalue weighted by atomic mass is 9.98. The average Bonchev–Trinajstić information content (AvgIpc) is 2.81. The Labute approximate surface area is 201 Å². The standard InChI is InChI=1S/C23H21N5O6S/c1-26(2)19-10-8-15(12-20(19)28(31)32)23(30)27-18-11-9-16(35(24,33)34)13-17(18)25-22(29)21(27)14-6-4-3-5-7-14/h3-13,21H,1-2H3,(H,25,29)(H2,24,33,34). The Hall–Kier alpha value is -4.29. The first kappa shape index (κ1) is 23.9. The van der Waals surface area contributed by atoms with Gasteiger partial charge in [-0.3, -0.25) is 24.6 Å². The molecule has 1 heterocycles. The number of amides is 2. The summed E-state index contributed by atoms with van der Waals surface area (Å²) in [7, 11) is -0.787. The summed E-state index contributed by atoms with van der Waals surface area (Å²) in [4.78, 5) is 40.6. The maximum Gasteiger partial charge on any atom is 0.293 e. The molecule has 4 rings (SSSR count). The van der Waals surface area contributed by atoms with Crippen molar-refractivity contribution < 1.29 is 22.9 Å². The Morgan fingerprint density at radius 3 is 2.37 bits per heavy atom. The minimum Gasteiger partial charge on any atom is -0.372 e. The lowest BCUT2D eigenvalue weighted by Crippen LogP contribution is -2.45. The normalized spacial score (nSPS) is 15.2. The van der Waals surface area contributed by atoms with Gasteiger partial charge in [-0.25, -0.2) is 13.6 Å². The van der Waals surface area contributed by atoms with Gasteiger partial charge in [-0.05, 0) is 35.9 Å². The number of nitro benzene ring substituents is 1. The van der Waals surface area contributed by atoms with Crippen LogP contribution in [0.5, 0.6) is 0 Å². The lowest BCUT2D eigenvalue weighted by Gasteiger charge is -2.37. The number of carbonyl (C=O) groups is 2. The highest BCUT2D eigenvalue weighted by Gasteiger charge is 2.39. The van der Waals surface area contributed by atoms with Crippen molar-refractivity contribution in [2.24, 2.45) is 5.14 Å². The molecule has 0 aliphatic carbocycles. The Bertz CT molecular complexity index is 1460. The summed E-state index contributed by atoms with van der Waals surface area (Å²) in [6.45, 7) is 0. The molecule has 11 nitrogen and oxygen atoms in total. The first-order valence-electron chi connectivity index (χ1n) is 10.3. The highest BCUT2D eigenvalue weighted by atomic mass is 32.2. The fourth-order valence-electron chi connectivity index (χ4n) is 3.94. The van der Waals surface area contributed by atoms with Gasteiger partial charge in [-0.2, -0.15) is 0 Å². The summed E-state index contributed by atoms with van der Waals surface area (Å²) in [6, 6.07) is 15.2. The Morgan fingerprint density at radius 1 is 1.09 bits per heavy atom. The van der Waals surface area contributed by atoms with Crippen molar-refractivity contribution in [1.82, 2.24) is 0 Å². The fourth-order valence-corrected chi connectivity index (χ4v) is 4.48. The van der Waals surface area contributed by atoms with Gasteiger partial charge in [0.1, 0.15) is 11.7 Å². The molecule has 0 bridgehead atoms. The molecule has 0 fully saturated rings. The molecule has 2 amide bonds. The number of anilines is 3. The topological polar surface area (TPSA) is 156 Å². The van der Waals surface area contributed by atoms with Gasteiger partial charge in [0.25, 0.3) is 17.5 Å². The number of carbonyl (C=O) groups excluding carboxylic acids is 2. The largest absolute Gasteiger partial charge is 0.372 e. The third kappa shape index (κ3) is 4.44. The zero-order valence-electron chi connectivity index (χ0n) is 18.7. The number of nitrogens with one attached hydrogen (secondary N) is 1. The van der Waals surface area contributed by atoms with Gasteiger partial charge in [-0.15, -0.1) is 0 Å². The van der Waals surface area contributed by atoms with Crippen molar-refractivity contribution in [2.45, 2.75) is 10.9 Å². The second-order valence-electron chi connectivity index (χ2n) is 8.06. The molecule has 0 radical (unpaired) electrons. The molecular weight excluding hydrogens is 474 g/mol. The zero-order chi connectivity index (χ0) is 25.5. The second kappa shape index (κ2) is 8.81. The molecule has 180 valence electrons. The number of nitrogens with two attached hydrogens (primary N) is 1. The molecule has 3 aromatic carbocycles. The molecule has 0 saturated heterocycles. The summed E-state index contributed by atoms with van der Waals surface area (Å²) in [5.74, 6) is -1.25. The number of benzene rings is 3. The van der Waals surface area contributed by atoms with E-state index in [0.717, 1.165) is 6.07 Å². The summed E-state index contributed by atoms with van der Waals surface area (Å²) >= 11 is 0. The van der Waals surface area contributed by atoms with Crippen molar-refractivity contribution >= 4 is 44.6 Å². The van der Waals surface area contributed by atoms with E-state index in [1.165, 1.54) is 35.2 Å². The van der Waals surface area contributed by atoms with E-state index in [-0.39, 0.29) is 27.5 Å². The number of hydrogen-bond acceptors (Lipinski definition) is 7. The third-order valence-electron chi connectivity index (χ3n) is 5.56. The van der Waals surface area contributed by atoms with E-state index in [1.54, 1.807) is 49.3 Å². The van der Waals surface area contributed by atoms with Gasteiger partial charge in [0.15, 0.2) is 0 Å². The Balaban J connectivity index is 1.91. The molecule has 0 spiro atoms. The molecule has 12 heteroatoms. The van der Waals surface area contributed by atoms with Crippen LogP contribution in [0.1, 0.15) is 22.0 Å². The molecule has 0 saturated carbocycles. The van der Waals surface area contributed by atoms with E-state index in [4.69, 9.17) is 5.14 Å². The van der Waals surface area contributed by atoms with E-state index in [1.807, 2.05) is 0 Å². The Kier molecular flexibility index (Phi) is 6.01. The highest BCUT2D eigenvalue weighted by molar-refractivity contribution is 7.89. The van der Waals surface area contributed by atoms with E-state index < -0.39 is 32.8 Å². The molecule has 1 atom stereocenters. The van der Waals surface area contributed by atoms with Gasteiger partial charge < -0.3 is 10.2 Å².